The van der Waals surface area contributed by atoms with Gasteiger partial charge in [-0.1, -0.05) is 6.07 Å². The second-order valence-corrected chi connectivity index (χ2v) is 2.94. The molecule has 6 nitrogen and oxygen atoms in total. The van der Waals surface area contributed by atoms with Crippen molar-refractivity contribution in [2.45, 2.75) is 0 Å². The number of ether oxygens (including phenoxy) is 1. The Bertz CT molecular complexity index is 414. The molecule has 0 aliphatic heterocycles. The van der Waals surface area contributed by atoms with Crippen LogP contribution in [-0.2, 0) is 9.53 Å². The van der Waals surface area contributed by atoms with Crippen LogP contribution in [0.4, 0.5) is 0 Å². The minimum atomic E-state index is -0.708. The molecule has 1 rings (SSSR count). The van der Waals surface area contributed by atoms with Gasteiger partial charge in [-0.25, -0.2) is 4.79 Å². The van der Waals surface area contributed by atoms with E-state index < -0.39 is 17.4 Å². The summed E-state index contributed by atoms with van der Waals surface area (Å²) in [5.41, 5.74) is 0.602. The molecular formula is C10H10N2O4. The molecule has 0 atom stereocenters. The lowest BCUT2D eigenvalue weighted by atomic mass is 10.1. The normalized spacial score (nSPS) is 10.9. The zero-order chi connectivity index (χ0) is 12.0. The first-order valence-electron chi connectivity index (χ1n) is 4.44. The third-order valence-electron chi connectivity index (χ3n) is 1.77. The number of hydrogen-bond donors (Lipinski definition) is 0. The number of aromatic nitrogens is 1. The first kappa shape index (κ1) is 11.8. The molecule has 0 bridgehead atoms. The van der Waals surface area contributed by atoms with Crippen molar-refractivity contribution in [3.63, 3.8) is 0 Å². The van der Waals surface area contributed by atoms with E-state index in [0.29, 0.717) is 5.56 Å². The number of nitro groups is 1. The van der Waals surface area contributed by atoms with Crippen LogP contribution >= 0.6 is 0 Å². The number of methoxy groups -OCH3 is 1. The molecule has 1 aromatic rings. The molecule has 0 fully saturated rings. The lowest BCUT2D eigenvalue weighted by Gasteiger charge is -2.00. The van der Waals surface area contributed by atoms with E-state index >= 15 is 0 Å². The fraction of sp³-hybridized carbons (Fsp3) is 0.200. The lowest BCUT2D eigenvalue weighted by molar-refractivity contribution is -0.470. The van der Waals surface area contributed by atoms with Crippen molar-refractivity contribution in [3.05, 3.63) is 45.8 Å². The number of nitrogens with zero attached hydrogens (tertiary/aromatic N) is 2. The van der Waals surface area contributed by atoms with Crippen molar-refractivity contribution >= 4 is 12.0 Å². The molecule has 0 unspecified atom stereocenters. The zero-order valence-corrected chi connectivity index (χ0v) is 8.62. The molecule has 1 heterocycles. The fourth-order valence-corrected chi connectivity index (χ4v) is 1.10. The van der Waals surface area contributed by atoms with Crippen LogP contribution in [0.2, 0.25) is 0 Å². The minimum Gasteiger partial charge on any atom is -0.465 e. The van der Waals surface area contributed by atoms with E-state index in [9.17, 15) is 14.9 Å². The number of hydrogen-bond acceptors (Lipinski definition) is 5. The topological polar surface area (TPSA) is 82.3 Å². The third-order valence-corrected chi connectivity index (χ3v) is 1.77. The molecule has 0 amide bonds. The summed E-state index contributed by atoms with van der Waals surface area (Å²) in [5, 5.41) is 10.4. The number of pyridine rings is 1. The highest BCUT2D eigenvalue weighted by molar-refractivity contribution is 5.93. The van der Waals surface area contributed by atoms with Gasteiger partial charge in [0.1, 0.15) is 5.57 Å². The molecule has 1 aromatic heterocycles. The summed E-state index contributed by atoms with van der Waals surface area (Å²) in [5.74, 6) is -0.708. The minimum absolute atomic E-state index is 0.0134. The van der Waals surface area contributed by atoms with Crippen molar-refractivity contribution in [1.82, 2.24) is 4.98 Å². The predicted octanol–water partition coefficient (Wildman–Crippen LogP) is 0.915. The summed E-state index contributed by atoms with van der Waals surface area (Å²) >= 11 is 0. The zero-order valence-electron chi connectivity index (χ0n) is 8.62. The van der Waals surface area contributed by atoms with Crippen LogP contribution in [0.3, 0.4) is 0 Å². The Morgan fingerprint density at radius 3 is 2.94 bits per heavy atom. The number of rotatable bonds is 4. The van der Waals surface area contributed by atoms with Crippen LogP contribution < -0.4 is 0 Å². The van der Waals surface area contributed by atoms with Gasteiger partial charge < -0.3 is 4.74 Å². The Labute approximate surface area is 91.7 Å². The largest absolute Gasteiger partial charge is 0.465 e. The van der Waals surface area contributed by atoms with Gasteiger partial charge >= 0.3 is 5.97 Å². The van der Waals surface area contributed by atoms with Gasteiger partial charge in [-0.05, 0) is 17.7 Å². The average molecular weight is 222 g/mol. The number of carbonyl (C=O) groups is 1. The van der Waals surface area contributed by atoms with Crippen LogP contribution in [0.15, 0.2) is 30.1 Å². The van der Waals surface area contributed by atoms with Gasteiger partial charge in [0.25, 0.3) is 0 Å². The SMILES string of the molecule is COC(=O)/C(=C/c1cccnc1)C[N+](=O)[O-]. The van der Waals surface area contributed by atoms with Crippen LogP contribution in [0, 0.1) is 10.1 Å². The Kier molecular flexibility index (Phi) is 4.14. The van der Waals surface area contributed by atoms with E-state index in [4.69, 9.17) is 0 Å². The Hall–Kier alpha value is -2.24. The van der Waals surface area contributed by atoms with Gasteiger partial charge in [-0.2, -0.15) is 0 Å². The molecule has 6 heteroatoms. The monoisotopic (exact) mass is 222 g/mol. The molecule has 0 aromatic carbocycles. The molecule has 16 heavy (non-hydrogen) atoms. The maximum absolute atomic E-state index is 11.2. The van der Waals surface area contributed by atoms with Crippen LogP contribution in [-0.4, -0.2) is 29.5 Å². The molecule has 0 N–H and O–H groups in total. The first-order chi connectivity index (χ1) is 7.63. The van der Waals surface area contributed by atoms with E-state index in [1.807, 2.05) is 0 Å². The summed E-state index contributed by atoms with van der Waals surface area (Å²) in [6.45, 7) is -0.568. The summed E-state index contributed by atoms with van der Waals surface area (Å²) in [6, 6.07) is 3.36. The summed E-state index contributed by atoms with van der Waals surface area (Å²) in [7, 11) is 1.18. The van der Waals surface area contributed by atoms with Crippen molar-refractivity contribution in [3.8, 4) is 0 Å². The first-order valence-corrected chi connectivity index (χ1v) is 4.44. The van der Waals surface area contributed by atoms with Crippen LogP contribution in [0.25, 0.3) is 6.08 Å². The third kappa shape index (κ3) is 3.49. The van der Waals surface area contributed by atoms with Crippen molar-refractivity contribution in [2.24, 2.45) is 0 Å². The lowest BCUT2D eigenvalue weighted by Crippen LogP contribution is -2.14. The second-order valence-electron chi connectivity index (χ2n) is 2.94. The van der Waals surface area contributed by atoms with Crippen molar-refractivity contribution < 1.29 is 14.5 Å². The molecule has 84 valence electrons. The smallest absolute Gasteiger partial charge is 0.340 e. The Balaban J connectivity index is 2.96. The quantitative estimate of drug-likeness (QED) is 0.327. The van der Waals surface area contributed by atoms with Gasteiger partial charge in [-0.3, -0.25) is 15.1 Å². The molecule has 0 saturated carbocycles. The van der Waals surface area contributed by atoms with Crippen LogP contribution in [0.5, 0.6) is 0 Å². The van der Waals surface area contributed by atoms with Gasteiger partial charge in [0, 0.05) is 17.3 Å². The second kappa shape index (κ2) is 5.59. The molecule has 0 aliphatic carbocycles. The Morgan fingerprint density at radius 1 is 1.69 bits per heavy atom. The fourth-order valence-electron chi connectivity index (χ4n) is 1.10. The predicted molar refractivity (Wildman–Crippen MR) is 56.1 cm³/mol. The number of carbonyl (C=O) groups excluding carboxylic acids is 1. The van der Waals surface area contributed by atoms with Crippen molar-refractivity contribution in [1.29, 1.82) is 0 Å². The molecule has 0 radical (unpaired) electrons. The highest BCUT2D eigenvalue weighted by Crippen LogP contribution is 2.07. The standard InChI is InChI=1S/C10H10N2O4/c1-16-10(13)9(7-12(14)15)5-8-3-2-4-11-6-8/h2-6H,7H2,1H3/b9-5+. The maximum atomic E-state index is 11.2. The van der Waals surface area contributed by atoms with E-state index in [0.717, 1.165) is 0 Å². The molecule has 0 spiro atoms. The van der Waals surface area contributed by atoms with E-state index in [1.54, 1.807) is 18.3 Å². The summed E-state index contributed by atoms with van der Waals surface area (Å²) in [4.78, 5) is 24.8. The summed E-state index contributed by atoms with van der Waals surface area (Å²) < 4.78 is 4.45. The highest BCUT2D eigenvalue weighted by atomic mass is 16.6. The Morgan fingerprint density at radius 2 is 2.44 bits per heavy atom. The highest BCUT2D eigenvalue weighted by Gasteiger charge is 2.15. The molecule has 0 aliphatic rings. The van der Waals surface area contributed by atoms with E-state index in [2.05, 4.69) is 9.72 Å². The van der Waals surface area contributed by atoms with Gasteiger partial charge in [0.2, 0.25) is 6.54 Å². The van der Waals surface area contributed by atoms with E-state index in [1.165, 1.54) is 19.4 Å². The number of esters is 1. The molecule has 0 saturated heterocycles. The average Bonchev–Trinajstić information content (AvgIpc) is 2.28. The van der Waals surface area contributed by atoms with E-state index in [-0.39, 0.29) is 5.57 Å². The molecular weight excluding hydrogens is 212 g/mol. The van der Waals surface area contributed by atoms with Gasteiger partial charge in [0.15, 0.2) is 0 Å². The summed E-state index contributed by atoms with van der Waals surface area (Å²) in [6.07, 6.45) is 4.47. The van der Waals surface area contributed by atoms with Crippen molar-refractivity contribution in [2.75, 3.05) is 13.7 Å². The van der Waals surface area contributed by atoms with Crippen LogP contribution in [0.1, 0.15) is 5.56 Å². The van der Waals surface area contributed by atoms with Gasteiger partial charge in [0.05, 0.1) is 7.11 Å². The van der Waals surface area contributed by atoms with Gasteiger partial charge in [-0.15, -0.1) is 0 Å². The maximum Gasteiger partial charge on any atom is 0.340 e.